The van der Waals surface area contributed by atoms with Gasteiger partial charge < -0.3 is 20.5 Å². The minimum atomic E-state index is 0.537. The Hall–Kier alpha value is -2.02. The topological polar surface area (TPSA) is 74.7 Å². The van der Waals surface area contributed by atoms with E-state index in [0.29, 0.717) is 16.6 Å². The van der Waals surface area contributed by atoms with E-state index >= 15 is 0 Å². The van der Waals surface area contributed by atoms with Crippen LogP contribution in [0.5, 0.6) is 0 Å². The van der Waals surface area contributed by atoms with Crippen LogP contribution in [0, 0.1) is 5.92 Å². The molecule has 2 heterocycles. The van der Waals surface area contributed by atoms with Crippen LogP contribution in [-0.2, 0) is 0 Å². The molecule has 2 aromatic rings. The second-order valence-electron chi connectivity index (χ2n) is 7.65. The summed E-state index contributed by atoms with van der Waals surface area (Å²) in [5.41, 5.74) is 9.60. The number of rotatable bonds is 5. The predicted octanol–water partition coefficient (Wildman–Crippen LogP) is 2.83. The van der Waals surface area contributed by atoms with Crippen molar-refractivity contribution in [3.05, 3.63) is 35.5 Å². The summed E-state index contributed by atoms with van der Waals surface area (Å²) in [6.07, 6.45) is 4.32. The Morgan fingerprint density at radius 3 is 2.63 bits per heavy atom. The average Bonchev–Trinajstić information content (AvgIpc) is 3.48. The van der Waals surface area contributed by atoms with Gasteiger partial charge in [-0.1, -0.05) is 17.7 Å². The summed E-state index contributed by atoms with van der Waals surface area (Å²) in [4.78, 5) is 9.20. The van der Waals surface area contributed by atoms with Crippen molar-refractivity contribution in [1.82, 2.24) is 9.88 Å². The van der Waals surface area contributed by atoms with Crippen LogP contribution in [0.15, 0.2) is 30.5 Å². The molecule has 0 spiro atoms. The Morgan fingerprint density at radius 1 is 1.19 bits per heavy atom. The van der Waals surface area contributed by atoms with Gasteiger partial charge in [0.1, 0.15) is 5.82 Å². The van der Waals surface area contributed by atoms with Gasteiger partial charge in [0.15, 0.2) is 0 Å². The molecule has 0 unspecified atom stereocenters. The lowest BCUT2D eigenvalue weighted by Gasteiger charge is -2.33. The third-order valence-electron chi connectivity index (χ3n) is 5.50. The highest BCUT2D eigenvalue weighted by Crippen LogP contribution is 2.39. The number of aromatic nitrogens is 1. The first-order chi connectivity index (χ1) is 13.0. The van der Waals surface area contributed by atoms with Gasteiger partial charge in [-0.25, -0.2) is 10.8 Å². The highest BCUT2D eigenvalue weighted by molar-refractivity contribution is 6.36. The van der Waals surface area contributed by atoms with Crippen molar-refractivity contribution in [3.8, 4) is 11.1 Å². The van der Waals surface area contributed by atoms with Crippen LogP contribution in [0.2, 0.25) is 5.02 Å². The normalized spacial score (nSPS) is 18.0. The molecular formula is C20H27ClN6. The highest BCUT2D eigenvalue weighted by Gasteiger charge is 2.25. The molecule has 1 aromatic heterocycles. The predicted molar refractivity (Wildman–Crippen MR) is 113 cm³/mol. The number of hydrazine groups is 1. The summed E-state index contributed by atoms with van der Waals surface area (Å²) in [5, 5.41) is 2.28. The van der Waals surface area contributed by atoms with Crippen molar-refractivity contribution in [2.45, 2.75) is 12.8 Å². The Morgan fingerprint density at radius 2 is 1.93 bits per heavy atom. The fourth-order valence-electron chi connectivity index (χ4n) is 3.53. The molecule has 4 N–H and O–H groups in total. The Labute approximate surface area is 165 Å². The molecule has 1 saturated heterocycles. The first kappa shape index (κ1) is 18.3. The molecular weight excluding hydrogens is 360 g/mol. The zero-order valence-corrected chi connectivity index (χ0v) is 16.5. The number of pyridine rings is 1. The fourth-order valence-corrected chi connectivity index (χ4v) is 3.80. The van der Waals surface area contributed by atoms with Gasteiger partial charge in [0.05, 0.1) is 16.4 Å². The number of nitrogens with zero attached hydrogens (tertiary/aromatic N) is 4. The average molecular weight is 387 g/mol. The summed E-state index contributed by atoms with van der Waals surface area (Å²) in [5.74, 6) is 7.86. The molecule has 6 nitrogen and oxygen atoms in total. The molecule has 1 aromatic carbocycles. The van der Waals surface area contributed by atoms with E-state index in [2.05, 4.69) is 27.9 Å². The molecule has 27 heavy (non-hydrogen) atoms. The third kappa shape index (κ3) is 3.98. The Balaban J connectivity index is 1.59. The van der Waals surface area contributed by atoms with Crippen molar-refractivity contribution in [1.29, 1.82) is 0 Å². The zero-order chi connectivity index (χ0) is 19.0. The summed E-state index contributed by atoms with van der Waals surface area (Å²) < 4.78 is 0. The molecule has 0 amide bonds. The largest absolute Gasteiger partial charge is 0.396 e. The number of hydrogen-bond donors (Lipinski definition) is 2. The van der Waals surface area contributed by atoms with Crippen LogP contribution >= 0.6 is 11.6 Å². The van der Waals surface area contributed by atoms with E-state index in [9.17, 15) is 0 Å². The molecule has 0 bridgehead atoms. The SMILES string of the molecule is CN1CCN(c2cc(-c3ccc(N(N)CC4CC4)c(N)c3Cl)ccn2)CC1. The number of likely N-dealkylation sites (N-methyl/N-ethyl adjacent to an activating group) is 1. The molecule has 2 fully saturated rings. The first-order valence-corrected chi connectivity index (χ1v) is 9.91. The van der Waals surface area contributed by atoms with Crippen LogP contribution in [0.4, 0.5) is 17.2 Å². The Kier molecular flexibility index (Phi) is 5.12. The summed E-state index contributed by atoms with van der Waals surface area (Å²) >= 11 is 6.64. The fraction of sp³-hybridized carbons (Fsp3) is 0.450. The number of benzene rings is 1. The van der Waals surface area contributed by atoms with Gasteiger partial charge in [-0.3, -0.25) is 0 Å². The highest BCUT2D eigenvalue weighted by atomic mass is 35.5. The summed E-state index contributed by atoms with van der Waals surface area (Å²) in [6.45, 7) is 4.86. The van der Waals surface area contributed by atoms with E-state index in [1.165, 1.54) is 12.8 Å². The third-order valence-corrected chi connectivity index (χ3v) is 5.91. The van der Waals surface area contributed by atoms with Crippen molar-refractivity contribution in [2.24, 2.45) is 11.8 Å². The minimum absolute atomic E-state index is 0.537. The van der Waals surface area contributed by atoms with Crippen LogP contribution in [-0.4, -0.2) is 49.7 Å². The van der Waals surface area contributed by atoms with Crippen LogP contribution < -0.4 is 21.5 Å². The van der Waals surface area contributed by atoms with E-state index in [1.807, 2.05) is 24.4 Å². The van der Waals surface area contributed by atoms with E-state index in [4.69, 9.17) is 23.2 Å². The van der Waals surface area contributed by atoms with Gasteiger partial charge in [0.2, 0.25) is 0 Å². The van der Waals surface area contributed by atoms with Crippen LogP contribution in [0.25, 0.3) is 11.1 Å². The van der Waals surface area contributed by atoms with Gasteiger partial charge in [-0.2, -0.15) is 0 Å². The first-order valence-electron chi connectivity index (χ1n) is 9.53. The Bertz CT molecular complexity index is 814. The van der Waals surface area contributed by atoms with Crippen molar-refractivity contribution in [3.63, 3.8) is 0 Å². The molecule has 7 heteroatoms. The summed E-state index contributed by atoms with van der Waals surface area (Å²) in [7, 11) is 2.15. The molecule has 0 atom stereocenters. The lowest BCUT2D eigenvalue weighted by molar-refractivity contribution is 0.312. The lowest BCUT2D eigenvalue weighted by Crippen LogP contribution is -2.44. The quantitative estimate of drug-likeness (QED) is 0.467. The smallest absolute Gasteiger partial charge is 0.129 e. The number of anilines is 3. The minimum Gasteiger partial charge on any atom is -0.396 e. The van der Waals surface area contributed by atoms with E-state index in [-0.39, 0.29) is 0 Å². The van der Waals surface area contributed by atoms with Gasteiger partial charge in [-0.05, 0) is 49.6 Å². The maximum atomic E-state index is 6.64. The van der Waals surface area contributed by atoms with Gasteiger partial charge in [-0.15, -0.1) is 0 Å². The van der Waals surface area contributed by atoms with Crippen molar-refractivity contribution < 1.29 is 0 Å². The molecule has 1 aliphatic carbocycles. The number of piperazine rings is 1. The number of nitrogen functional groups attached to an aromatic ring is 1. The van der Waals surface area contributed by atoms with Crippen LogP contribution in [0.1, 0.15) is 12.8 Å². The lowest BCUT2D eigenvalue weighted by atomic mass is 10.0. The number of hydrogen-bond acceptors (Lipinski definition) is 6. The molecule has 144 valence electrons. The van der Waals surface area contributed by atoms with Gasteiger partial charge >= 0.3 is 0 Å². The van der Waals surface area contributed by atoms with E-state index < -0.39 is 0 Å². The van der Waals surface area contributed by atoms with Crippen molar-refractivity contribution in [2.75, 3.05) is 55.4 Å². The molecule has 0 radical (unpaired) electrons. The van der Waals surface area contributed by atoms with Gasteiger partial charge in [0.25, 0.3) is 0 Å². The second-order valence-corrected chi connectivity index (χ2v) is 8.03. The standard InChI is InChI=1S/C20H27ClN6/c1-25-8-10-26(11-9-25)18-12-15(6-7-24-18)16-4-5-17(20(22)19(16)21)27(23)13-14-2-3-14/h4-7,12,14H,2-3,8-11,13,22-23H2,1H3. The van der Waals surface area contributed by atoms with Crippen molar-refractivity contribution >= 4 is 28.8 Å². The van der Waals surface area contributed by atoms with Crippen LogP contribution in [0.3, 0.4) is 0 Å². The molecule has 4 rings (SSSR count). The maximum absolute atomic E-state index is 6.64. The second kappa shape index (κ2) is 7.54. The van der Waals surface area contributed by atoms with E-state index in [0.717, 1.165) is 55.4 Å². The zero-order valence-electron chi connectivity index (χ0n) is 15.7. The van der Waals surface area contributed by atoms with Gasteiger partial charge in [0, 0.05) is 44.5 Å². The monoisotopic (exact) mass is 386 g/mol. The maximum Gasteiger partial charge on any atom is 0.129 e. The number of halogens is 1. The molecule has 1 aliphatic heterocycles. The van der Waals surface area contributed by atoms with E-state index in [1.54, 1.807) is 5.01 Å². The molecule has 2 aliphatic rings. The summed E-state index contributed by atoms with van der Waals surface area (Å²) in [6, 6.07) is 8.04. The molecule has 1 saturated carbocycles. The number of nitrogens with two attached hydrogens (primary N) is 2.